The molecule has 3 N–H and O–H groups in total. The van der Waals surface area contributed by atoms with E-state index in [-0.39, 0.29) is 0 Å². The normalized spacial score (nSPS) is 39.8. The number of rotatable bonds is 0. The molecule has 1 aliphatic heterocycles. The third kappa shape index (κ3) is 0.191. The summed E-state index contributed by atoms with van der Waals surface area (Å²) < 4.78 is 0. The van der Waals surface area contributed by atoms with Crippen LogP contribution in [-0.4, -0.2) is 12.7 Å². The maximum atomic E-state index is 5.11. The Kier molecular flexibility index (Phi) is 0.242. The van der Waals surface area contributed by atoms with Gasteiger partial charge in [-0.05, 0) is 0 Å². The number of nitrogens with two attached hydrogens (primary N) is 1. The average Bonchev–Trinajstić information content (AvgIpc) is 1.75. The van der Waals surface area contributed by atoms with Crippen LogP contribution >= 0.6 is 0 Å². The topological polar surface area (TPSA) is 48.0 Å². The first kappa shape index (κ1) is 2.18. The fourth-order valence-corrected chi connectivity index (χ4v) is 0.0680. The largest absolute Gasteiger partial charge is 0.315 e. The van der Waals surface area contributed by atoms with Gasteiger partial charge in [-0.25, -0.2) is 0 Å². The minimum absolute atomic E-state index is 0.333. The molecule has 0 saturated carbocycles. The molecule has 0 aromatic rings. The summed E-state index contributed by atoms with van der Waals surface area (Å²) in [6.45, 7) is 1.01. The summed E-state index contributed by atoms with van der Waals surface area (Å²) in [5.41, 5.74) is 5.11. The van der Waals surface area contributed by atoms with Crippen LogP contribution < -0.4 is 11.1 Å². The van der Waals surface area contributed by atoms with E-state index in [0.29, 0.717) is 6.17 Å². The Bertz CT molecular complexity index is 23.2. The Hall–Kier alpha value is -0.0800. The van der Waals surface area contributed by atoms with E-state index in [1.54, 1.807) is 0 Å². The third-order valence-corrected chi connectivity index (χ3v) is 0.440. The molecule has 1 saturated heterocycles. The van der Waals surface area contributed by atoms with Crippen molar-refractivity contribution in [3.8, 4) is 0 Å². The fraction of sp³-hybridized carbons (Fsp3) is 1.00. The zero-order valence-corrected chi connectivity index (χ0v) is 2.36. The van der Waals surface area contributed by atoms with Gasteiger partial charge in [-0.3, -0.25) is 5.32 Å². The van der Waals surface area contributed by atoms with Gasteiger partial charge in [-0.1, -0.05) is 0 Å². The van der Waals surface area contributed by atoms with E-state index in [2.05, 4.69) is 5.32 Å². The van der Waals surface area contributed by atoms with Crippen LogP contribution in [0.25, 0.3) is 0 Å². The highest BCUT2D eigenvalue weighted by Crippen LogP contribution is 1.79. The summed E-state index contributed by atoms with van der Waals surface area (Å²) >= 11 is 0. The molecule has 2 nitrogen and oxygen atoms in total. The van der Waals surface area contributed by atoms with Gasteiger partial charge in [-0.2, -0.15) is 0 Å². The summed E-state index contributed by atoms with van der Waals surface area (Å²) in [5.74, 6) is 0. The Morgan fingerprint density at radius 2 is 2.25 bits per heavy atom. The molecule has 0 amide bonds. The highest BCUT2D eigenvalue weighted by Gasteiger charge is 2.10. The molecule has 1 rings (SSSR count). The molecule has 1 aliphatic rings. The molecular weight excluding hydrogens is 52.0 g/mol. The van der Waals surface area contributed by atoms with E-state index in [9.17, 15) is 0 Å². The van der Waals surface area contributed by atoms with Gasteiger partial charge >= 0.3 is 0 Å². The quantitative estimate of drug-likeness (QED) is 0.346. The van der Waals surface area contributed by atoms with E-state index >= 15 is 0 Å². The lowest BCUT2D eigenvalue weighted by Crippen LogP contribution is -2.02. The number of hydrogen-bond acceptors (Lipinski definition) is 2. The smallest absolute Gasteiger partial charge is 0.0676 e. The lowest BCUT2D eigenvalue weighted by Gasteiger charge is -1.57. The summed E-state index contributed by atoms with van der Waals surface area (Å²) in [6.07, 6.45) is 0.333. The van der Waals surface area contributed by atoms with E-state index < -0.39 is 0 Å². The van der Waals surface area contributed by atoms with Gasteiger partial charge in [0, 0.05) is 6.54 Å². The molecular formula is C2H6N2. The van der Waals surface area contributed by atoms with Crippen molar-refractivity contribution in [1.82, 2.24) is 5.32 Å². The summed E-state index contributed by atoms with van der Waals surface area (Å²) in [4.78, 5) is 0. The van der Waals surface area contributed by atoms with Gasteiger partial charge < -0.3 is 5.73 Å². The highest BCUT2D eigenvalue weighted by molar-refractivity contribution is 4.74. The number of nitrogens with one attached hydrogen (secondary N) is 1. The second kappa shape index (κ2) is 0.445. The standard InChI is InChI=1S/C2H6N2/c3-2-1-4-2/h2,4H,1,3H2/t2-/m1/s1. The van der Waals surface area contributed by atoms with Gasteiger partial charge in [0.05, 0.1) is 6.17 Å². The van der Waals surface area contributed by atoms with Crippen LogP contribution in [0.4, 0.5) is 0 Å². The van der Waals surface area contributed by atoms with Gasteiger partial charge in [0.2, 0.25) is 0 Å². The molecule has 1 atom stereocenters. The van der Waals surface area contributed by atoms with Crippen LogP contribution in [0.15, 0.2) is 0 Å². The maximum Gasteiger partial charge on any atom is 0.0676 e. The van der Waals surface area contributed by atoms with Crippen LogP contribution in [0.1, 0.15) is 0 Å². The minimum atomic E-state index is 0.333. The van der Waals surface area contributed by atoms with Gasteiger partial charge in [0.1, 0.15) is 0 Å². The van der Waals surface area contributed by atoms with Crippen LogP contribution in [0.5, 0.6) is 0 Å². The molecule has 0 unspecified atom stereocenters. The Morgan fingerprint density at radius 1 is 2.00 bits per heavy atom. The predicted octanol–water partition coefficient (Wildman–Crippen LogP) is -1.13. The average molecular weight is 58.1 g/mol. The molecule has 0 bridgehead atoms. The first-order chi connectivity index (χ1) is 1.89. The molecule has 0 radical (unpaired) electrons. The van der Waals surface area contributed by atoms with Crippen LogP contribution in [-0.2, 0) is 0 Å². The van der Waals surface area contributed by atoms with Gasteiger partial charge in [0.25, 0.3) is 0 Å². The van der Waals surface area contributed by atoms with Crippen molar-refractivity contribution < 1.29 is 0 Å². The Balaban J connectivity index is 2.17. The summed E-state index contributed by atoms with van der Waals surface area (Å²) in [5, 5.41) is 2.88. The van der Waals surface area contributed by atoms with Crippen molar-refractivity contribution in [3.05, 3.63) is 0 Å². The zero-order chi connectivity index (χ0) is 2.99. The molecule has 0 aromatic heterocycles. The lowest BCUT2D eigenvalue weighted by atomic mass is 10.8. The molecule has 24 valence electrons. The van der Waals surface area contributed by atoms with Gasteiger partial charge in [0.15, 0.2) is 0 Å². The van der Waals surface area contributed by atoms with E-state index in [4.69, 9.17) is 5.73 Å². The predicted molar refractivity (Wildman–Crippen MR) is 16.0 cm³/mol. The first-order valence-corrected chi connectivity index (χ1v) is 1.38. The second-order valence-corrected chi connectivity index (χ2v) is 1.01. The van der Waals surface area contributed by atoms with E-state index in [1.807, 2.05) is 0 Å². The van der Waals surface area contributed by atoms with Crippen LogP contribution in [0.3, 0.4) is 0 Å². The first-order valence-electron chi connectivity index (χ1n) is 1.38. The third-order valence-electron chi connectivity index (χ3n) is 0.440. The minimum Gasteiger partial charge on any atom is -0.315 e. The molecule has 1 fully saturated rings. The van der Waals surface area contributed by atoms with Crippen molar-refractivity contribution in [2.45, 2.75) is 6.17 Å². The summed E-state index contributed by atoms with van der Waals surface area (Å²) in [6, 6.07) is 0. The summed E-state index contributed by atoms with van der Waals surface area (Å²) in [7, 11) is 0. The molecule has 4 heavy (non-hydrogen) atoms. The zero-order valence-electron chi connectivity index (χ0n) is 2.36. The molecule has 2 heteroatoms. The van der Waals surface area contributed by atoms with Crippen molar-refractivity contribution in [2.24, 2.45) is 5.73 Å². The monoisotopic (exact) mass is 58.1 g/mol. The Morgan fingerprint density at radius 3 is 2.25 bits per heavy atom. The molecule has 0 aromatic carbocycles. The van der Waals surface area contributed by atoms with Crippen molar-refractivity contribution in [1.29, 1.82) is 0 Å². The molecule has 1 heterocycles. The SMILES string of the molecule is N[C@H]1CN1. The van der Waals surface area contributed by atoms with Crippen molar-refractivity contribution in [3.63, 3.8) is 0 Å². The number of hydrogen-bond donors (Lipinski definition) is 2. The molecule has 0 aliphatic carbocycles. The van der Waals surface area contributed by atoms with E-state index in [1.165, 1.54) is 0 Å². The van der Waals surface area contributed by atoms with Crippen molar-refractivity contribution >= 4 is 0 Å². The molecule has 0 spiro atoms. The van der Waals surface area contributed by atoms with Crippen LogP contribution in [0.2, 0.25) is 0 Å². The highest BCUT2D eigenvalue weighted by atomic mass is 15.2. The Labute approximate surface area is 25.0 Å². The fourth-order valence-electron chi connectivity index (χ4n) is 0.0680. The van der Waals surface area contributed by atoms with Crippen LogP contribution in [0, 0.1) is 0 Å². The maximum absolute atomic E-state index is 5.11. The van der Waals surface area contributed by atoms with Gasteiger partial charge in [-0.15, -0.1) is 0 Å². The lowest BCUT2D eigenvalue weighted by molar-refractivity contribution is 1.03. The van der Waals surface area contributed by atoms with Crippen molar-refractivity contribution in [2.75, 3.05) is 6.54 Å². The van der Waals surface area contributed by atoms with E-state index in [0.717, 1.165) is 6.54 Å². The second-order valence-electron chi connectivity index (χ2n) is 1.01.